The van der Waals surface area contributed by atoms with Crippen LogP contribution in [-0.4, -0.2) is 33.0 Å². The van der Waals surface area contributed by atoms with Crippen LogP contribution in [0.5, 0.6) is 0 Å². The first-order valence-electron chi connectivity index (χ1n) is 12.0. The Bertz CT molecular complexity index is 923. The first-order valence-corrected chi connectivity index (χ1v) is 12.0. The van der Waals surface area contributed by atoms with Gasteiger partial charge >= 0.3 is 5.97 Å². The number of aromatic nitrogens is 2. The molecule has 174 valence electrons. The number of aromatic amines is 1. The highest BCUT2D eigenvalue weighted by atomic mass is 16.4. The number of imidazole rings is 1. The van der Waals surface area contributed by atoms with Crippen LogP contribution in [0.4, 0.5) is 0 Å². The number of fused-ring (bicyclic) bond motifs is 3. The molecule has 1 aromatic heterocycles. The van der Waals surface area contributed by atoms with Crippen LogP contribution in [0.25, 0.3) is 0 Å². The van der Waals surface area contributed by atoms with Crippen molar-refractivity contribution in [3.05, 3.63) is 42.5 Å². The third-order valence-electron chi connectivity index (χ3n) is 8.93. The summed E-state index contributed by atoms with van der Waals surface area (Å²) in [6.07, 6.45) is 15.0. The number of carboxylic acid groups (broad SMARTS) is 1. The zero-order chi connectivity index (χ0) is 23.1. The predicted molar refractivity (Wildman–Crippen MR) is 124 cm³/mol. The topological polar surface area (TPSA) is 95.1 Å². The van der Waals surface area contributed by atoms with Crippen molar-refractivity contribution in [2.75, 3.05) is 0 Å². The number of nitrogens with zero attached hydrogens (tertiary/aromatic N) is 1. The molecule has 3 N–H and O–H groups in total. The summed E-state index contributed by atoms with van der Waals surface area (Å²) in [6.45, 7) is 10.8. The summed E-state index contributed by atoms with van der Waals surface area (Å²) in [7, 11) is 0. The predicted octanol–water partition coefficient (Wildman–Crippen LogP) is 4.66. The van der Waals surface area contributed by atoms with Gasteiger partial charge in [-0.05, 0) is 61.2 Å². The van der Waals surface area contributed by atoms with Crippen LogP contribution in [0.2, 0.25) is 0 Å². The molecule has 1 amide bonds. The number of hydrogen-bond donors (Lipinski definition) is 3. The van der Waals surface area contributed by atoms with E-state index in [0.29, 0.717) is 11.6 Å². The lowest BCUT2D eigenvalue weighted by Gasteiger charge is -2.58. The molecule has 1 heterocycles. The second-order valence-electron chi connectivity index (χ2n) is 11.1. The van der Waals surface area contributed by atoms with Gasteiger partial charge in [-0.15, -0.1) is 6.58 Å². The van der Waals surface area contributed by atoms with Gasteiger partial charge in [-0.2, -0.15) is 0 Å². The van der Waals surface area contributed by atoms with Gasteiger partial charge in [-0.1, -0.05) is 44.9 Å². The standard InChI is InChI=1S/C26H37N3O3/c1-5-24(2)12-9-19-17(14-24)7-8-21-25(19,3)10-6-11-26(21,4)23(32)29-20(22(30)31)13-18-15-27-16-28-18/h5,9,15-17,20-21H,1,6-8,10-14H2,2-4H3,(H,27,28)(H,29,32)(H,30,31)/t17-,20-,21-,24-,25-,26+/m0/s1. The van der Waals surface area contributed by atoms with Crippen LogP contribution >= 0.6 is 0 Å². The molecule has 0 spiro atoms. The normalized spacial score (nSPS) is 37.4. The summed E-state index contributed by atoms with van der Waals surface area (Å²) in [5.41, 5.74) is 1.83. The minimum Gasteiger partial charge on any atom is -0.480 e. The Morgan fingerprint density at radius 1 is 1.34 bits per heavy atom. The van der Waals surface area contributed by atoms with E-state index >= 15 is 0 Å². The molecule has 6 atom stereocenters. The van der Waals surface area contributed by atoms with Crippen LogP contribution in [0, 0.1) is 28.1 Å². The molecule has 0 bridgehead atoms. The van der Waals surface area contributed by atoms with Crippen molar-refractivity contribution in [3.63, 3.8) is 0 Å². The zero-order valence-electron chi connectivity index (χ0n) is 19.6. The maximum absolute atomic E-state index is 13.6. The Hall–Kier alpha value is -2.37. The van der Waals surface area contributed by atoms with Crippen molar-refractivity contribution in [2.24, 2.45) is 28.1 Å². The maximum atomic E-state index is 13.6. The molecule has 6 heteroatoms. The Labute approximate surface area is 191 Å². The number of carbonyl (C=O) groups is 2. The van der Waals surface area contributed by atoms with Crippen molar-refractivity contribution in [1.29, 1.82) is 0 Å². The molecule has 0 aromatic carbocycles. The van der Waals surface area contributed by atoms with Crippen molar-refractivity contribution in [1.82, 2.24) is 15.3 Å². The van der Waals surface area contributed by atoms with E-state index in [0.717, 1.165) is 44.9 Å². The largest absolute Gasteiger partial charge is 0.480 e. The molecular formula is C26H37N3O3. The highest BCUT2D eigenvalue weighted by Gasteiger charge is 2.57. The number of aliphatic carboxylic acids is 1. The van der Waals surface area contributed by atoms with Crippen LogP contribution in [0.1, 0.15) is 71.4 Å². The van der Waals surface area contributed by atoms with Gasteiger partial charge in [0.1, 0.15) is 6.04 Å². The smallest absolute Gasteiger partial charge is 0.326 e. The third kappa shape index (κ3) is 3.82. The molecular weight excluding hydrogens is 402 g/mol. The summed E-state index contributed by atoms with van der Waals surface area (Å²) < 4.78 is 0. The molecule has 3 aliphatic rings. The number of nitrogens with one attached hydrogen (secondary N) is 2. The number of carbonyl (C=O) groups excluding carboxylic acids is 1. The van der Waals surface area contributed by atoms with Crippen molar-refractivity contribution < 1.29 is 14.7 Å². The first kappa shape index (κ1) is 22.8. The molecule has 6 nitrogen and oxygen atoms in total. The van der Waals surface area contributed by atoms with E-state index in [2.05, 4.69) is 54.8 Å². The van der Waals surface area contributed by atoms with E-state index in [1.165, 1.54) is 6.33 Å². The Morgan fingerprint density at radius 2 is 2.12 bits per heavy atom. The molecule has 2 saturated carbocycles. The minimum atomic E-state index is -1.02. The molecule has 4 rings (SSSR count). The summed E-state index contributed by atoms with van der Waals surface area (Å²) in [6, 6.07) is -0.966. The second kappa shape index (κ2) is 8.20. The number of allylic oxidation sites excluding steroid dienone is 3. The van der Waals surface area contributed by atoms with Crippen LogP contribution < -0.4 is 5.32 Å². The molecule has 2 fully saturated rings. The Balaban J connectivity index is 1.58. The second-order valence-corrected chi connectivity index (χ2v) is 11.1. The third-order valence-corrected chi connectivity index (χ3v) is 8.93. The molecule has 1 aromatic rings. The lowest BCUT2D eigenvalue weighted by molar-refractivity contribution is -0.148. The van der Waals surface area contributed by atoms with Crippen LogP contribution in [0.3, 0.4) is 0 Å². The lowest BCUT2D eigenvalue weighted by atomic mass is 9.46. The monoisotopic (exact) mass is 439 g/mol. The van der Waals surface area contributed by atoms with E-state index in [1.54, 1.807) is 11.8 Å². The van der Waals surface area contributed by atoms with Crippen molar-refractivity contribution >= 4 is 11.9 Å². The summed E-state index contributed by atoms with van der Waals surface area (Å²) in [4.78, 5) is 32.4. The SMILES string of the molecule is C=C[C@@]1(C)CC=C2[C@@H](CC[C@@H]3[C@](C)(C(=O)N[C@@H](Cc4cnc[nH]4)C(=O)O)CCC[C@@]23C)C1. The summed E-state index contributed by atoms with van der Waals surface area (Å²) in [5.74, 6) is -0.352. The molecule has 0 radical (unpaired) electrons. The minimum absolute atomic E-state index is 0.00213. The summed E-state index contributed by atoms with van der Waals surface area (Å²) in [5, 5.41) is 12.6. The highest BCUT2D eigenvalue weighted by molar-refractivity contribution is 5.88. The van der Waals surface area contributed by atoms with Gasteiger partial charge in [0, 0.05) is 18.3 Å². The fraction of sp³-hybridized carbons (Fsp3) is 0.654. The number of H-pyrrole nitrogens is 1. The maximum Gasteiger partial charge on any atom is 0.326 e. The van der Waals surface area contributed by atoms with Gasteiger partial charge in [0.05, 0.1) is 11.7 Å². The van der Waals surface area contributed by atoms with Crippen molar-refractivity contribution in [2.45, 2.75) is 78.2 Å². The van der Waals surface area contributed by atoms with Gasteiger partial charge in [0.2, 0.25) is 5.91 Å². The van der Waals surface area contributed by atoms with E-state index < -0.39 is 17.4 Å². The van der Waals surface area contributed by atoms with Gasteiger partial charge in [-0.25, -0.2) is 9.78 Å². The van der Waals surface area contributed by atoms with Gasteiger partial charge in [0.25, 0.3) is 0 Å². The Morgan fingerprint density at radius 3 is 2.78 bits per heavy atom. The Kier molecular flexibility index (Phi) is 5.84. The first-order chi connectivity index (χ1) is 15.1. The van der Waals surface area contributed by atoms with Gasteiger partial charge in [0.15, 0.2) is 0 Å². The van der Waals surface area contributed by atoms with Gasteiger partial charge in [-0.3, -0.25) is 4.79 Å². The van der Waals surface area contributed by atoms with E-state index in [1.807, 2.05) is 0 Å². The fourth-order valence-corrected chi connectivity index (χ4v) is 7.03. The average Bonchev–Trinajstić information content (AvgIpc) is 3.26. The highest BCUT2D eigenvalue weighted by Crippen LogP contribution is 2.63. The van der Waals surface area contributed by atoms with Gasteiger partial charge < -0.3 is 15.4 Å². The number of carboxylic acids is 1. The fourth-order valence-electron chi connectivity index (χ4n) is 7.03. The zero-order valence-corrected chi connectivity index (χ0v) is 19.6. The number of amides is 1. The quantitative estimate of drug-likeness (QED) is 0.562. The van der Waals surface area contributed by atoms with E-state index in [-0.39, 0.29) is 29.1 Å². The average molecular weight is 440 g/mol. The van der Waals surface area contributed by atoms with E-state index in [9.17, 15) is 14.7 Å². The lowest BCUT2D eigenvalue weighted by Crippen LogP contribution is -2.57. The molecule has 0 aliphatic heterocycles. The van der Waals surface area contributed by atoms with Crippen LogP contribution in [0.15, 0.2) is 36.8 Å². The number of hydrogen-bond acceptors (Lipinski definition) is 3. The van der Waals surface area contributed by atoms with Crippen molar-refractivity contribution in [3.8, 4) is 0 Å². The molecule has 0 saturated heterocycles. The number of rotatable bonds is 6. The van der Waals surface area contributed by atoms with E-state index in [4.69, 9.17) is 0 Å². The summed E-state index contributed by atoms with van der Waals surface area (Å²) >= 11 is 0. The molecule has 32 heavy (non-hydrogen) atoms. The molecule has 0 unspecified atom stereocenters. The molecule has 3 aliphatic carbocycles. The van der Waals surface area contributed by atoms with Crippen LogP contribution in [-0.2, 0) is 16.0 Å².